The van der Waals surface area contributed by atoms with Crippen LogP contribution < -0.4 is 0 Å². The van der Waals surface area contributed by atoms with Crippen molar-refractivity contribution in [1.82, 2.24) is 19.8 Å². The van der Waals surface area contributed by atoms with E-state index in [1.54, 1.807) is 18.1 Å². The molecule has 1 aliphatic rings. The molecule has 0 atom stereocenters. The van der Waals surface area contributed by atoms with Crippen LogP contribution in [0.4, 0.5) is 4.39 Å². The van der Waals surface area contributed by atoms with E-state index in [1.165, 1.54) is 12.3 Å². The molecule has 2 aromatic heterocycles. The van der Waals surface area contributed by atoms with Crippen molar-refractivity contribution in [3.05, 3.63) is 70.4 Å². The molecule has 0 spiro atoms. The molecule has 0 radical (unpaired) electrons. The number of rotatable bonds is 4. The summed E-state index contributed by atoms with van der Waals surface area (Å²) in [7, 11) is 1.68. The van der Waals surface area contributed by atoms with Gasteiger partial charge in [0.15, 0.2) is 0 Å². The largest absolute Gasteiger partial charge is 0.341 e. The van der Waals surface area contributed by atoms with Crippen LogP contribution in [0.5, 0.6) is 0 Å². The summed E-state index contributed by atoms with van der Waals surface area (Å²) in [6, 6.07) is 9.18. The van der Waals surface area contributed by atoms with Crippen molar-refractivity contribution in [2.24, 2.45) is 5.92 Å². The fourth-order valence-corrected chi connectivity index (χ4v) is 4.44. The highest BCUT2D eigenvalue weighted by molar-refractivity contribution is 6.33. The van der Waals surface area contributed by atoms with Crippen molar-refractivity contribution < 1.29 is 14.0 Å². The fourth-order valence-electron chi connectivity index (χ4n) is 4.25. The minimum atomic E-state index is -0.851. The molecular formula is C24H24ClFN4O2. The molecule has 8 heteroatoms. The summed E-state index contributed by atoms with van der Waals surface area (Å²) >= 11 is 5.91. The molecule has 2 amide bonds. The maximum Gasteiger partial charge on any atom is 0.256 e. The molecule has 4 rings (SSSR count). The summed E-state index contributed by atoms with van der Waals surface area (Å²) in [4.78, 5) is 37.3. The van der Waals surface area contributed by atoms with E-state index in [1.807, 2.05) is 36.1 Å². The van der Waals surface area contributed by atoms with Crippen LogP contribution in [0.15, 0.2) is 42.7 Å². The van der Waals surface area contributed by atoms with Crippen LogP contribution >= 0.6 is 11.6 Å². The molecule has 0 aliphatic carbocycles. The Labute approximate surface area is 191 Å². The van der Waals surface area contributed by atoms with Crippen molar-refractivity contribution in [2.75, 3.05) is 26.7 Å². The van der Waals surface area contributed by atoms with E-state index in [0.29, 0.717) is 25.2 Å². The quantitative estimate of drug-likeness (QED) is 0.549. The Balaban J connectivity index is 1.40. The van der Waals surface area contributed by atoms with Crippen molar-refractivity contribution in [1.29, 1.82) is 0 Å². The smallest absolute Gasteiger partial charge is 0.256 e. The zero-order chi connectivity index (χ0) is 22.8. The van der Waals surface area contributed by atoms with Crippen molar-refractivity contribution in [2.45, 2.75) is 19.8 Å². The monoisotopic (exact) mass is 454 g/mol. The second kappa shape index (κ2) is 9.20. The number of amides is 2. The zero-order valence-electron chi connectivity index (χ0n) is 18.0. The zero-order valence-corrected chi connectivity index (χ0v) is 18.8. The highest BCUT2D eigenvalue weighted by atomic mass is 35.5. The molecule has 1 aromatic carbocycles. The molecule has 0 bridgehead atoms. The van der Waals surface area contributed by atoms with E-state index in [9.17, 15) is 14.0 Å². The van der Waals surface area contributed by atoms with Crippen LogP contribution in [0, 0.1) is 18.8 Å². The number of benzene rings is 1. The molecular weight excluding hydrogens is 431 g/mol. The standard InChI is InChI=1S/C24H24ClFN4O2/c1-15-5-6-17-4-3-10-27-21(17)19(15)24(32)30-12-8-16(9-13-30)14-29(2)23(31)18-7-11-28-22(26)20(18)25/h3-7,10-11,16H,8-9,12-14H2,1-2H3. The maximum atomic E-state index is 13.6. The number of hydrogen-bond acceptors (Lipinski definition) is 4. The van der Waals surface area contributed by atoms with Gasteiger partial charge >= 0.3 is 0 Å². The lowest BCUT2D eigenvalue weighted by atomic mass is 9.94. The number of pyridine rings is 2. The molecule has 1 aliphatic heterocycles. The highest BCUT2D eigenvalue weighted by Gasteiger charge is 2.28. The second-order valence-corrected chi connectivity index (χ2v) is 8.60. The first-order chi connectivity index (χ1) is 15.4. The van der Waals surface area contributed by atoms with Gasteiger partial charge in [-0.1, -0.05) is 29.8 Å². The first-order valence-corrected chi connectivity index (χ1v) is 10.9. The van der Waals surface area contributed by atoms with E-state index < -0.39 is 5.95 Å². The first kappa shape index (κ1) is 22.1. The van der Waals surface area contributed by atoms with Gasteiger partial charge in [-0.3, -0.25) is 14.6 Å². The Hall–Kier alpha value is -3.06. The van der Waals surface area contributed by atoms with E-state index in [2.05, 4.69) is 9.97 Å². The lowest BCUT2D eigenvalue weighted by Gasteiger charge is -2.34. The summed E-state index contributed by atoms with van der Waals surface area (Å²) in [6.45, 7) is 3.66. The van der Waals surface area contributed by atoms with Gasteiger partial charge in [0.1, 0.15) is 5.02 Å². The molecule has 1 fully saturated rings. The maximum absolute atomic E-state index is 13.6. The van der Waals surface area contributed by atoms with Crippen molar-refractivity contribution in [3.63, 3.8) is 0 Å². The number of carbonyl (C=O) groups is 2. The van der Waals surface area contributed by atoms with Crippen LogP contribution in [-0.2, 0) is 0 Å². The van der Waals surface area contributed by atoms with Crippen LogP contribution in [-0.4, -0.2) is 58.3 Å². The number of nitrogens with zero attached hydrogens (tertiary/aromatic N) is 4. The van der Waals surface area contributed by atoms with Gasteiger partial charge in [-0.05, 0) is 43.4 Å². The third-order valence-corrected chi connectivity index (χ3v) is 6.41. The molecule has 1 saturated heterocycles. The molecule has 0 saturated carbocycles. The van der Waals surface area contributed by atoms with E-state index >= 15 is 0 Å². The third kappa shape index (κ3) is 4.30. The molecule has 3 aromatic rings. The predicted octanol–water partition coefficient (Wildman–Crippen LogP) is 4.36. The fraction of sp³-hybridized carbons (Fsp3) is 0.333. The molecule has 0 N–H and O–H groups in total. The topological polar surface area (TPSA) is 66.4 Å². The molecule has 0 unspecified atom stereocenters. The van der Waals surface area contributed by atoms with Gasteiger partial charge in [0, 0.05) is 44.5 Å². The van der Waals surface area contributed by atoms with Gasteiger partial charge in [-0.2, -0.15) is 4.39 Å². The molecule has 166 valence electrons. The number of aryl methyl sites for hydroxylation is 1. The second-order valence-electron chi connectivity index (χ2n) is 8.22. The van der Waals surface area contributed by atoms with Crippen molar-refractivity contribution in [3.8, 4) is 0 Å². The summed E-state index contributed by atoms with van der Waals surface area (Å²) in [5.41, 5.74) is 2.40. The minimum Gasteiger partial charge on any atom is -0.341 e. The van der Waals surface area contributed by atoms with Crippen LogP contribution in [0.3, 0.4) is 0 Å². The minimum absolute atomic E-state index is 0.00581. The Morgan fingerprint density at radius 1 is 1.16 bits per heavy atom. The number of piperidine rings is 1. The normalized spacial score (nSPS) is 14.6. The van der Waals surface area contributed by atoms with Gasteiger partial charge in [0.05, 0.1) is 16.6 Å². The van der Waals surface area contributed by atoms with Gasteiger partial charge in [0.25, 0.3) is 11.8 Å². The molecule has 32 heavy (non-hydrogen) atoms. The molecule has 3 heterocycles. The van der Waals surface area contributed by atoms with Crippen LogP contribution in [0.2, 0.25) is 5.02 Å². The third-order valence-electron chi connectivity index (χ3n) is 6.05. The average Bonchev–Trinajstić information content (AvgIpc) is 2.80. The lowest BCUT2D eigenvalue weighted by molar-refractivity contribution is 0.0634. The summed E-state index contributed by atoms with van der Waals surface area (Å²) in [5.74, 6) is -0.956. The summed E-state index contributed by atoms with van der Waals surface area (Å²) < 4.78 is 13.6. The number of carbonyl (C=O) groups excluding carboxylic acids is 2. The predicted molar refractivity (Wildman–Crippen MR) is 121 cm³/mol. The van der Waals surface area contributed by atoms with Crippen LogP contribution in [0.25, 0.3) is 10.9 Å². The van der Waals surface area contributed by atoms with E-state index in [4.69, 9.17) is 11.6 Å². The Bertz CT molecular complexity index is 1180. The first-order valence-electron chi connectivity index (χ1n) is 10.6. The van der Waals surface area contributed by atoms with Gasteiger partial charge < -0.3 is 9.80 Å². The molecule has 6 nitrogen and oxygen atoms in total. The van der Waals surface area contributed by atoms with Gasteiger partial charge in [-0.25, -0.2) is 4.98 Å². The summed E-state index contributed by atoms with van der Waals surface area (Å²) in [5, 5.41) is 0.687. The SMILES string of the molecule is Cc1ccc2cccnc2c1C(=O)N1CCC(CN(C)C(=O)c2ccnc(F)c2Cl)CC1. The van der Waals surface area contributed by atoms with Crippen LogP contribution in [0.1, 0.15) is 39.1 Å². The Morgan fingerprint density at radius 3 is 2.66 bits per heavy atom. The van der Waals surface area contributed by atoms with E-state index in [-0.39, 0.29) is 28.3 Å². The number of halogens is 2. The number of hydrogen-bond donors (Lipinski definition) is 0. The number of fused-ring (bicyclic) bond motifs is 1. The van der Waals surface area contributed by atoms with Crippen molar-refractivity contribution >= 4 is 34.3 Å². The lowest BCUT2D eigenvalue weighted by Crippen LogP contribution is -2.42. The number of aromatic nitrogens is 2. The Morgan fingerprint density at radius 2 is 1.91 bits per heavy atom. The van der Waals surface area contributed by atoms with Gasteiger partial charge in [-0.15, -0.1) is 0 Å². The Kier molecular flexibility index (Phi) is 6.37. The number of likely N-dealkylation sites (tertiary alicyclic amines) is 1. The highest BCUT2D eigenvalue weighted by Crippen LogP contribution is 2.26. The van der Waals surface area contributed by atoms with Gasteiger partial charge in [0.2, 0.25) is 5.95 Å². The average molecular weight is 455 g/mol. The summed E-state index contributed by atoms with van der Waals surface area (Å²) in [6.07, 6.45) is 4.49. The van der Waals surface area contributed by atoms with E-state index in [0.717, 1.165) is 29.3 Å².